The van der Waals surface area contributed by atoms with Crippen LogP contribution in [0.3, 0.4) is 0 Å². The number of carbonyl (C=O) groups excluding carboxylic acids is 1. The number of nitrogens with zero attached hydrogens (tertiary/aromatic N) is 1. The average Bonchev–Trinajstić information content (AvgIpc) is 2.50. The van der Waals surface area contributed by atoms with Gasteiger partial charge in [-0.15, -0.1) is 0 Å². The van der Waals surface area contributed by atoms with Crippen molar-refractivity contribution in [3.8, 4) is 0 Å². The molecule has 2 rings (SSSR count). The van der Waals surface area contributed by atoms with E-state index < -0.39 is 16.0 Å². The van der Waals surface area contributed by atoms with Crippen LogP contribution in [0, 0.1) is 13.8 Å². The lowest BCUT2D eigenvalue weighted by atomic mass is 10.1. The first kappa shape index (κ1) is 16.7. The summed E-state index contributed by atoms with van der Waals surface area (Å²) in [5.74, 6) is -1.27. The van der Waals surface area contributed by atoms with E-state index in [2.05, 4.69) is 9.93 Å². The Labute approximate surface area is 134 Å². The molecule has 0 saturated carbocycles. The first-order valence-corrected chi connectivity index (χ1v) is 8.21. The lowest BCUT2D eigenvalue weighted by Gasteiger charge is -2.07. The van der Waals surface area contributed by atoms with Gasteiger partial charge in [0.2, 0.25) is 0 Å². The van der Waals surface area contributed by atoms with E-state index in [9.17, 15) is 18.3 Å². The number of hydrazone groups is 1. The van der Waals surface area contributed by atoms with Crippen LogP contribution in [0.25, 0.3) is 0 Å². The van der Waals surface area contributed by atoms with Crippen molar-refractivity contribution in [3.63, 3.8) is 0 Å². The zero-order valence-corrected chi connectivity index (χ0v) is 13.4. The molecule has 0 fully saturated rings. The van der Waals surface area contributed by atoms with Gasteiger partial charge in [-0.3, -0.25) is 0 Å². The molecule has 0 atom stereocenters. The zero-order chi connectivity index (χ0) is 17.0. The van der Waals surface area contributed by atoms with Gasteiger partial charge in [0, 0.05) is 0 Å². The molecule has 0 aliphatic rings. The molecule has 0 radical (unpaired) electrons. The van der Waals surface area contributed by atoms with Gasteiger partial charge in [0.15, 0.2) is 0 Å². The number of nitrogens with one attached hydrogen (secondary N) is 1. The van der Waals surface area contributed by atoms with E-state index in [0.29, 0.717) is 11.1 Å². The summed E-state index contributed by atoms with van der Waals surface area (Å²) in [6.07, 6.45) is 1.29. The summed E-state index contributed by atoms with van der Waals surface area (Å²) in [7, 11) is -3.76. The summed E-state index contributed by atoms with van der Waals surface area (Å²) < 4.78 is 24.5. The summed E-state index contributed by atoms with van der Waals surface area (Å²) in [4.78, 5) is 12.9. The van der Waals surface area contributed by atoms with Gasteiger partial charge in [-0.25, -0.2) is 4.83 Å². The Balaban J connectivity index is 2.15. The Morgan fingerprint density at radius 2 is 1.78 bits per heavy atom. The van der Waals surface area contributed by atoms with Gasteiger partial charge in [-0.1, -0.05) is 36.4 Å². The fraction of sp³-hybridized carbons (Fsp3) is 0.125. The second-order valence-electron chi connectivity index (χ2n) is 5.03. The fourth-order valence-electron chi connectivity index (χ4n) is 1.92. The number of carboxylic acid groups (broad SMARTS) is 1. The number of rotatable bonds is 5. The molecule has 0 aromatic heterocycles. The molecule has 0 amide bonds. The Morgan fingerprint density at radius 3 is 2.39 bits per heavy atom. The van der Waals surface area contributed by atoms with E-state index in [1.165, 1.54) is 30.5 Å². The second kappa shape index (κ2) is 6.62. The topological polar surface area (TPSA) is 98.7 Å². The average molecular weight is 331 g/mol. The van der Waals surface area contributed by atoms with Gasteiger partial charge in [-0.2, -0.15) is 13.5 Å². The lowest BCUT2D eigenvalue weighted by molar-refractivity contribution is -0.255. The SMILES string of the molecule is Cc1ccc(C)c(S(=O)(=O)N/N=C\c2ccc(C(=O)[O-])cc2)c1. The quantitative estimate of drug-likeness (QED) is 0.652. The molecule has 0 aliphatic carbocycles. The number of hydrogen-bond acceptors (Lipinski definition) is 5. The third kappa shape index (κ3) is 4.17. The molecule has 0 saturated heterocycles. The number of carbonyl (C=O) groups is 1. The third-order valence-corrected chi connectivity index (χ3v) is 4.53. The summed E-state index contributed by atoms with van der Waals surface area (Å²) in [5.41, 5.74) is 2.05. The molecule has 0 aliphatic heterocycles. The molecule has 2 aromatic rings. The van der Waals surface area contributed by atoms with Crippen LogP contribution in [0.2, 0.25) is 0 Å². The van der Waals surface area contributed by atoms with E-state index in [4.69, 9.17) is 0 Å². The molecular formula is C16H15N2O4S-. The fourth-order valence-corrected chi connectivity index (χ4v) is 3.04. The molecule has 120 valence electrons. The van der Waals surface area contributed by atoms with Gasteiger partial charge in [0.05, 0.1) is 17.1 Å². The molecule has 7 heteroatoms. The predicted octanol–water partition coefficient (Wildman–Crippen LogP) is 0.979. The smallest absolute Gasteiger partial charge is 0.276 e. The Morgan fingerprint density at radius 1 is 1.13 bits per heavy atom. The van der Waals surface area contributed by atoms with E-state index in [1.54, 1.807) is 26.0 Å². The lowest BCUT2D eigenvalue weighted by Crippen LogP contribution is -2.22. The standard InChI is InChI=1S/C16H16N2O4S/c1-11-3-4-12(2)15(9-11)23(21,22)18-17-10-13-5-7-14(8-6-13)16(19)20/h3-10,18H,1-2H3,(H,19,20)/p-1/b17-10-. The minimum Gasteiger partial charge on any atom is -0.545 e. The van der Waals surface area contributed by atoms with Crippen LogP contribution in [-0.2, 0) is 10.0 Å². The number of aryl methyl sites for hydroxylation is 2. The highest BCUT2D eigenvalue weighted by Gasteiger charge is 2.15. The summed E-state index contributed by atoms with van der Waals surface area (Å²) in [6.45, 7) is 3.51. The molecule has 1 N–H and O–H groups in total. The first-order valence-electron chi connectivity index (χ1n) is 6.73. The highest BCUT2D eigenvalue weighted by Crippen LogP contribution is 2.16. The van der Waals surface area contributed by atoms with Crippen molar-refractivity contribution in [2.45, 2.75) is 18.7 Å². The maximum Gasteiger partial charge on any atom is 0.276 e. The molecule has 2 aromatic carbocycles. The van der Waals surface area contributed by atoms with Crippen LogP contribution >= 0.6 is 0 Å². The Hall–Kier alpha value is -2.67. The Kier molecular flexibility index (Phi) is 4.80. The molecule has 6 nitrogen and oxygen atoms in total. The molecule has 0 unspecified atom stereocenters. The van der Waals surface area contributed by atoms with Crippen molar-refractivity contribution in [1.82, 2.24) is 4.83 Å². The maximum atomic E-state index is 12.2. The monoisotopic (exact) mass is 331 g/mol. The van der Waals surface area contributed by atoms with Gasteiger partial charge < -0.3 is 9.90 Å². The minimum atomic E-state index is -3.76. The third-order valence-electron chi connectivity index (χ3n) is 3.17. The number of carboxylic acids is 1. The van der Waals surface area contributed by atoms with Crippen LogP contribution in [0.15, 0.2) is 52.5 Å². The normalized spacial score (nSPS) is 11.6. The second-order valence-corrected chi connectivity index (χ2v) is 6.66. The van der Waals surface area contributed by atoms with Gasteiger partial charge in [0.1, 0.15) is 0 Å². The van der Waals surface area contributed by atoms with Crippen molar-refractivity contribution in [1.29, 1.82) is 0 Å². The van der Waals surface area contributed by atoms with Crippen molar-refractivity contribution < 1.29 is 18.3 Å². The van der Waals surface area contributed by atoms with Gasteiger partial charge in [0.25, 0.3) is 10.0 Å². The van der Waals surface area contributed by atoms with Crippen molar-refractivity contribution in [2.24, 2.45) is 5.10 Å². The van der Waals surface area contributed by atoms with Crippen molar-refractivity contribution >= 4 is 22.2 Å². The number of benzene rings is 2. The maximum absolute atomic E-state index is 12.2. The van der Waals surface area contributed by atoms with Crippen LogP contribution < -0.4 is 9.94 Å². The van der Waals surface area contributed by atoms with Crippen LogP contribution in [0.1, 0.15) is 27.0 Å². The van der Waals surface area contributed by atoms with Crippen molar-refractivity contribution in [3.05, 3.63) is 64.7 Å². The van der Waals surface area contributed by atoms with Crippen LogP contribution in [0.5, 0.6) is 0 Å². The number of sulfonamides is 1. The van der Waals surface area contributed by atoms with Gasteiger partial charge >= 0.3 is 0 Å². The van der Waals surface area contributed by atoms with Gasteiger partial charge in [-0.05, 0) is 42.2 Å². The molecule has 0 heterocycles. The highest BCUT2D eigenvalue weighted by molar-refractivity contribution is 7.89. The van der Waals surface area contributed by atoms with E-state index in [0.717, 1.165) is 5.56 Å². The van der Waals surface area contributed by atoms with Crippen molar-refractivity contribution in [2.75, 3.05) is 0 Å². The predicted molar refractivity (Wildman–Crippen MR) is 84.6 cm³/mol. The largest absolute Gasteiger partial charge is 0.545 e. The molecular weight excluding hydrogens is 316 g/mol. The molecule has 0 bridgehead atoms. The van der Waals surface area contributed by atoms with Crippen LogP contribution in [0.4, 0.5) is 0 Å². The summed E-state index contributed by atoms with van der Waals surface area (Å²) in [6, 6.07) is 10.8. The Bertz CT molecular complexity index is 856. The minimum absolute atomic E-state index is 0.0399. The summed E-state index contributed by atoms with van der Waals surface area (Å²) in [5, 5.41) is 14.3. The number of aromatic carboxylic acids is 1. The number of hydrogen-bond donors (Lipinski definition) is 1. The zero-order valence-electron chi connectivity index (χ0n) is 12.6. The van der Waals surface area contributed by atoms with Crippen LogP contribution in [-0.4, -0.2) is 20.6 Å². The highest BCUT2D eigenvalue weighted by atomic mass is 32.2. The van der Waals surface area contributed by atoms with E-state index in [1.807, 2.05) is 6.07 Å². The molecule has 23 heavy (non-hydrogen) atoms. The summed E-state index contributed by atoms with van der Waals surface area (Å²) >= 11 is 0. The molecule has 0 spiro atoms. The first-order chi connectivity index (χ1) is 10.8. The van der Waals surface area contributed by atoms with E-state index >= 15 is 0 Å². The van der Waals surface area contributed by atoms with E-state index in [-0.39, 0.29) is 10.5 Å².